The Morgan fingerprint density at radius 3 is 2.79 bits per heavy atom. The van der Waals surface area contributed by atoms with Gasteiger partial charge in [0.1, 0.15) is 11.8 Å². The smallest absolute Gasteiger partial charge is 0.339 e. The molecule has 0 saturated carbocycles. The number of amides is 2. The molecule has 1 atom stereocenters. The number of hydrogen-bond donors (Lipinski definition) is 2. The van der Waals surface area contributed by atoms with E-state index >= 15 is 0 Å². The van der Waals surface area contributed by atoms with Crippen LogP contribution in [0.4, 0.5) is 4.79 Å². The van der Waals surface area contributed by atoms with Crippen LogP contribution in [0.15, 0.2) is 16.5 Å². The third kappa shape index (κ3) is 1.97. The zero-order valence-corrected chi connectivity index (χ0v) is 7.93. The molecule has 78 valence electrons. The SMILES string of the molecule is COc1ccc(C(C)N(O)C(N)=O)o1. The molecule has 1 aromatic heterocycles. The number of nitrogens with two attached hydrogens (primary N) is 1. The highest BCUT2D eigenvalue weighted by molar-refractivity contribution is 5.70. The van der Waals surface area contributed by atoms with Crippen LogP contribution in [-0.2, 0) is 0 Å². The van der Waals surface area contributed by atoms with E-state index in [0.717, 1.165) is 0 Å². The predicted octanol–water partition coefficient (Wildman–Crippen LogP) is 1.12. The van der Waals surface area contributed by atoms with Crippen LogP contribution in [0.1, 0.15) is 18.7 Å². The van der Waals surface area contributed by atoms with Gasteiger partial charge in [-0.15, -0.1) is 0 Å². The molecule has 0 saturated heterocycles. The molecule has 1 unspecified atom stereocenters. The molecule has 14 heavy (non-hydrogen) atoms. The maximum atomic E-state index is 10.6. The number of carbonyl (C=O) groups excluding carboxylic acids is 1. The largest absolute Gasteiger partial charge is 0.468 e. The summed E-state index contributed by atoms with van der Waals surface area (Å²) in [4.78, 5) is 10.6. The van der Waals surface area contributed by atoms with E-state index in [-0.39, 0.29) is 0 Å². The second-order valence-electron chi connectivity index (χ2n) is 2.72. The van der Waals surface area contributed by atoms with Gasteiger partial charge in [0.05, 0.1) is 7.11 Å². The third-order valence-corrected chi connectivity index (χ3v) is 1.81. The van der Waals surface area contributed by atoms with Gasteiger partial charge >= 0.3 is 6.03 Å². The number of carbonyl (C=O) groups is 1. The fourth-order valence-corrected chi connectivity index (χ4v) is 0.980. The number of nitrogens with zero attached hydrogens (tertiary/aromatic N) is 1. The molecule has 0 aliphatic heterocycles. The molecule has 0 radical (unpaired) electrons. The standard InChI is InChI=1S/C8H12N2O4/c1-5(10(12)8(9)11)6-3-4-7(13-2)14-6/h3-5,12H,1-2H3,(H2,9,11). The molecule has 0 aromatic carbocycles. The van der Waals surface area contributed by atoms with Gasteiger partial charge < -0.3 is 14.9 Å². The van der Waals surface area contributed by atoms with Crippen LogP contribution < -0.4 is 10.5 Å². The van der Waals surface area contributed by atoms with Gasteiger partial charge in [-0.25, -0.2) is 4.79 Å². The van der Waals surface area contributed by atoms with E-state index in [2.05, 4.69) is 0 Å². The number of rotatable bonds is 3. The zero-order valence-electron chi connectivity index (χ0n) is 7.93. The van der Waals surface area contributed by atoms with Gasteiger partial charge in [-0.3, -0.25) is 5.21 Å². The van der Waals surface area contributed by atoms with Crippen molar-refractivity contribution in [2.24, 2.45) is 5.73 Å². The summed E-state index contributed by atoms with van der Waals surface area (Å²) in [5.74, 6) is 0.702. The Labute approximate surface area is 80.8 Å². The van der Waals surface area contributed by atoms with E-state index in [1.165, 1.54) is 7.11 Å². The van der Waals surface area contributed by atoms with Gasteiger partial charge in [0, 0.05) is 6.07 Å². The molecule has 1 heterocycles. The Balaban J connectivity index is 2.78. The van der Waals surface area contributed by atoms with E-state index in [9.17, 15) is 10.0 Å². The second kappa shape index (κ2) is 4.01. The van der Waals surface area contributed by atoms with Gasteiger partial charge in [0.25, 0.3) is 5.95 Å². The first-order valence-corrected chi connectivity index (χ1v) is 3.97. The summed E-state index contributed by atoms with van der Waals surface area (Å²) in [7, 11) is 1.46. The van der Waals surface area contributed by atoms with Crippen molar-refractivity contribution in [3.05, 3.63) is 17.9 Å². The van der Waals surface area contributed by atoms with Crippen LogP contribution in [0.25, 0.3) is 0 Å². The monoisotopic (exact) mass is 200 g/mol. The predicted molar refractivity (Wildman–Crippen MR) is 46.9 cm³/mol. The maximum Gasteiger partial charge on any atom is 0.339 e. The minimum Gasteiger partial charge on any atom is -0.468 e. The van der Waals surface area contributed by atoms with Gasteiger partial charge in [-0.1, -0.05) is 0 Å². The molecule has 3 N–H and O–H groups in total. The minimum atomic E-state index is -0.937. The number of urea groups is 1. The summed E-state index contributed by atoms with van der Waals surface area (Å²) in [5.41, 5.74) is 4.88. The summed E-state index contributed by atoms with van der Waals surface area (Å²) >= 11 is 0. The first-order chi connectivity index (χ1) is 6.56. The molecule has 1 rings (SSSR count). The van der Waals surface area contributed by atoms with Crippen molar-refractivity contribution in [3.63, 3.8) is 0 Å². The first kappa shape index (κ1) is 10.4. The molecule has 2 amide bonds. The second-order valence-corrected chi connectivity index (χ2v) is 2.72. The fourth-order valence-electron chi connectivity index (χ4n) is 0.980. The number of hydroxylamine groups is 2. The number of hydrogen-bond acceptors (Lipinski definition) is 4. The molecular weight excluding hydrogens is 188 g/mol. The van der Waals surface area contributed by atoms with Gasteiger partial charge in [0.2, 0.25) is 0 Å². The fraction of sp³-hybridized carbons (Fsp3) is 0.375. The lowest BCUT2D eigenvalue weighted by molar-refractivity contribution is -0.0765. The molecular formula is C8H12N2O4. The lowest BCUT2D eigenvalue weighted by atomic mass is 10.2. The summed E-state index contributed by atoms with van der Waals surface area (Å²) in [6.07, 6.45) is 0. The van der Waals surface area contributed by atoms with E-state index in [0.29, 0.717) is 16.8 Å². The molecule has 0 fully saturated rings. The maximum absolute atomic E-state index is 10.6. The highest BCUT2D eigenvalue weighted by atomic mass is 16.6. The van der Waals surface area contributed by atoms with Crippen LogP contribution in [0, 0.1) is 0 Å². The molecule has 0 spiro atoms. The molecule has 1 aromatic rings. The molecule has 0 aliphatic rings. The summed E-state index contributed by atoms with van der Waals surface area (Å²) in [6, 6.07) is 1.60. The average Bonchev–Trinajstić information content (AvgIpc) is 2.63. The zero-order chi connectivity index (χ0) is 10.7. The quantitative estimate of drug-likeness (QED) is 0.565. The van der Waals surface area contributed by atoms with E-state index in [4.69, 9.17) is 14.9 Å². The Hall–Kier alpha value is -1.69. The topological polar surface area (TPSA) is 88.9 Å². The van der Waals surface area contributed by atoms with E-state index in [1.807, 2.05) is 0 Å². The Kier molecular flexibility index (Phi) is 2.98. The van der Waals surface area contributed by atoms with Crippen molar-refractivity contribution in [3.8, 4) is 5.95 Å². The van der Waals surface area contributed by atoms with Crippen molar-refractivity contribution in [1.29, 1.82) is 0 Å². The average molecular weight is 200 g/mol. The number of ether oxygens (including phenoxy) is 1. The summed E-state index contributed by atoms with van der Waals surface area (Å²) in [5, 5.41) is 9.58. The lowest BCUT2D eigenvalue weighted by Gasteiger charge is -2.17. The van der Waals surface area contributed by atoms with Crippen LogP contribution in [-0.4, -0.2) is 23.4 Å². The molecule has 0 aliphatic carbocycles. The molecule has 6 heteroatoms. The Morgan fingerprint density at radius 2 is 2.36 bits per heavy atom. The van der Waals surface area contributed by atoms with Crippen molar-refractivity contribution < 1.29 is 19.2 Å². The van der Waals surface area contributed by atoms with Crippen molar-refractivity contribution in [2.45, 2.75) is 13.0 Å². The molecule has 6 nitrogen and oxygen atoms in total. The number of methoxy groups -OCH3 is 1. The van der Waals surface area contributed by atoms with E-state index in [1.54, 1.807) is 19.1 Å². The minimum absolute atomic E-state index is 0.310. The van der Waals surface area contributed by atoms with Gasteiger partial charge in [-0.05, 0) is 13.0 Å². The summed E-state index contributed by atoms with van der Waals surface area (Å²) in [6.45, 7) is 1.57. The summed E-state index contributed by atoms with van der Waals surface area (Å²) < 4.78 is 9.94. The highest BCUT2D eigenvalue weighted by Crippen LogP contribution is 2.24. The van der Waals surface area contributed by atoms with Gasteiger partial charge in [0.15, 0.2) is 0 Å². The van der Waals surface area contributed by atoms with Crippen LogP contribution >= 0.6 is 0 Å². The Morgan fingerprint density at radius 1 is 1.71 bits per heavy atom. The van der Waals surface area contributed by atoms with Crippen LogP contribution in [0.5, 0.6) is 5.95 Å². The van der Waals surface area contributed by atoms with Crippen LogP contribution in [0.2, 0.25) is 0 Å². The first-order valence-electron chi connectivity index (χ1n) is 3.97. The van der Waals surface area contributed by atoms with Crippen molar-refractivity contribution >= 4 is 6.03 Å². The van der Waals surface area contributed by atoms with Crippen molar-refractivity contribution in [1.82, 2.24) is 5.06 Å². The van der Waals surface area contributed by atoms with Gasteiger partial charge in [-0.2, -0.15) is 5.06 Å². The van der Waals surface area contributed by atoms with Crippen molar-refractivity contribution in [2.75, 3.05) is 7.11 Å². The molecule has 0 bridgehead atoms. The number of primary amides is 1. The van der Waals surface area contributed by atoms with Crippen LogP contribution in [0.3, 0.4) is 0 Å². The Bertz CT molecular complexity index is 323. The highest BCUT2D eigenvalue weighted by Gasteiger charge is 2.20. The lowest BCUT2D eigenvalue weighted by Crippen LogP contribution is -2.34. The normalized spacial score (nSPS) is 12.2. The third-order valence-electron chi connectivity index (χ3n) is 1.81. The van der Waals surface area contributed by atoms with E-state index < -0.39 is 12.1 Å². The number of furan rings is 1.